The summed E-state index contributed by atoms with van der Waals surface area (Å²) in [5, 5.41) is 15.5. The van der Waals surface area contributed by atoms with Gasteiger partial charge in [-0.15, -0.1) is 15.3 Å². The smallest absolute Gasteiger partial charge is 0.177 e. The van der Waals surface area contributed by atoms with Crippen molar-refractivity contribution >= 4 is 11.5 Å². The van der Waals surface area contributed by atoms with E-state index in [1.165, 1.54) is 5.56 Å². The van der Waals surface area contributed by atoms with E-state index in [0.717, 1.165) is 11.5 Å². The first-order chi connectivity index (χ1) is 8.83. The minimum Gasteiger partial charge on any atom is -0.362 e. The third-order valence-corrected chi connectivity index (χ3v) is 2.83. The second-order valence-electron chi connectivity index (χ2n) is 4.13. The molecule has 0 aliphatic carbocycles. The zero-order valence-corrected chi connectivity index (χ0v) is 9.99. The number of fused-ring (bicyclic) bond motifs is 1. The molecule has 1 aromatic carbocycles. The second kappa shape index (κ2) is 4.44. The number of aromatic nitrogens is 4. The average Bonchev–Trinajstić information content (AvgIpc) is 2.87. The number of hydrogen-bond donors (Lipinski definition) is 1. The molecule has 2 aromatic heterocycles. The van der Waals surface area contributed by atoms with Crippen LogP contribution in [0.1, 0.15) is 18.5 Å². The van der Waals surface area contributed by atoms with Crippen molar-refractivity contribution in [3.05, 3.63) is 54.4 Å². The van der Waals surface area contributed by atoms with E-state index in [4.69, 9.17) is 0 Å². The minimum absolute atomic E-state index is 0.202. The molecule has 5 heteroatoms. The van der Waals surface area contributed by atoms with Gasteiger partial charge in [-0.25, -0.2) is 0 Å². The van der Waals surface area contributed by atoms with Crippen molar-refractivity contribution in [2.75, 3.05) is 5.32 Å². The van der Waals surface area contributed by atoms with Crippen molar-refractivity contribution in [3.63, 3.8) is 0 Å². The Kier molecular flexibility index (Phi) is 2.64. The van der Waals surface area contributed by atoms with Crippen LogP contribution in [0.5, 0.6) is 0 Å². The molecule has 1 atom stereocenters. The first-order valence-electron chi connectivity index (χ1n) is 5.81. The molecule has 18 heavy (non-hydrogen) atoms. The van der Waals surface area contributed by atoms with Gasteiger partial charge in [0, 0.05) is 6.04 Å². The fourth-order valence-electron chi connectivity index (χ4n) is 1.85. The molecule has 0 radical (unpaired) electrons. The van der Waals surface area contributed by atoms with Crippen molar-refractivity contribution in [2.24, 2.45) is 0 Å². The minimum atomic E-state index is 0.202. The molecule has 0 spiro atoms. The summed E-state index contributed by atoms with van der Waals surface area (Å²) in [7, 11) is 0. The predicted molar refractivity (Wildman–Crippen MR) is 69.3 cm³/mol. The zero-order chi connectivity index (χ0) is 12.4. The average molecular weight is 239 g/mol. The summed E-state index contributed by atoms with van der Waals surface area (Å²) in [6.45, 7) is 2.10. The molecule has 1 unspecified atom stereocenters. The molecule has 0 saturated heterocycles. The Morgan fingerprint density at radius 2 is 1.94 bits per heavy atom. The summed E-state index contributed by atoms with van der Waals surface area (Å²) in [5.41, 5.74) is 1.97. The van der Waals surface area contributed by atoms with Crippen molar-refractivity contribution in [1.82, 2.24) is 19.8 Å². The quantitative estimate of drug-likeness (QED) is 0.762. The SMILES string of the molecule is CC(Nc1ccc2nncn2n1)c1ccccc1. The van der Waals surface area contributed by atoms with Gasteiger partial charge in [-0.3, -0.25) is 0 Å². The van der Waals surface area contributed by atoms with Crippen LogP contribution in [0.2, 0.25) is 0 Å². The second-order valence-corrected chi connectivity index (χ2v) is 4.13. The van der Waals surface area contributed by atoms with Crippen LogP contribution < -0.4 is 5.32 Å². The number of anilines is 1. The van der Waals surface area contributed by atoms with E-state index in [-0.39, 0.29) is 6.04 Å². The molecule has 0 aliphatic rings. The van der Waals surface area contributed by atoms with E-state index >= 15 is 0 Å². The largest absolute Gasteiger partial charge is 0.362 e. The van der Waals surface area contributed by atoms with Gasteiger partial charge in [0.1, 0.15) is 12.1 Å². The maximum atomic E-state index is 4.38. The molecule has 0 bridgehead atoms. The summed E-state index contributed by atoms with van der Waals surface area (Å²) in [6.07, 6.45) is 1.59. The van der Waals surface area contributed by atoms with Crippen molar-refractivity contribution < 1.29 is 0 Å². The zero-order valence-electron chi connectivity index (χ0n) is 9.99. The molecule has 90 valence electrons. The van der Waals surface area contributed by atoms with Crippen molar-refractivity contribution in [2.45, 2.75) is 13.0 Å². The lowest BCUT2D eigenvalue weighted by Crippen LogP contribution is -2.09. The number of nitrogens with zero attached hydrogens (tertiary/aromatic N) is 4. The van der Waals surface area contributed by atoms with E-state index in [1.54, 1.807) is 10.8 Å². The fraction of sp³-hybridized carbons (Fsp3) is 0.154. The highest BCUT2D eigenvalue weighted by Crippen LogP contribution is 2.17. The number of nitrogens with one attached hydrogen (secondary N) is 1. The third kappa shape index (κ3) is 2.02. The van der Waals surface area contributed by atoms with Crippen LogP contribution in [0.25, 0.3) is 5.65 Å². The van der Waals surface area contributed by atoms with Gasteiger partial charge in [-0.05, 0) is 24.6 Å². The summed E-state index contributed by atoms with van der Waals surface area (Å²) in [5.74, 6) is 0.804. The van der Waals surface area contributed by atoms with Gasteiger partial charge >= 0.3 is 0 Å². The maximum absolute atomic E-state index is 4.38. The Balaban J connectivity index is 1.83. The lowest BCUT2D eigenvalue weighted by Gasteiger charge is -2.14. The fourth-order valence-corrected chi connectivity index (χ4v) is 1.85. The van der Waals surface area contributed by atoms with Gasteiger partial charge in [0.15, 0.2) is 5.65 Å². The summed E-state index contributed by atoms with van der Waals surface area (Å²) in [6, 6.07) is 14.3. The van der Waals surface area contributed by atoms with E-state index in [0.29, 0.717) is 0 Å². The summed E-state index contributed by atoms with van der Waals surface area (Å²) >= 11 is 0. The number of benzene rings is 1. The Bertz CT molecular complexity index is 647. The standard InChI is InChI=1S/C13H13N5/c1-10(11-5-3-2-4-6-11)15-12-7-8-13-16-14-9-18(13)17-12/h2-10H,1H3,(H,15,17). The number of hydrogen-bond acceptors (Lipinski definition) is 4. The van der Waals surface area contributed by atoms with Gasteiger partial charge in [0.05, 0.1) is 0 Å². The van der Waals surface area contributed by atoms with E-state index in [9.17, 15) is 0 Å². The third-order valence-electron chi connectivity index (χ3n) is 2.83. The summed E-state index contributed by atoms with van der Waals surface area (Å²) in [4.78, 5) is 0. The van der Waals surface area contributed by atoms with E-state index < -0.39 is 0 Å². The molecule has 3 aromatic rings. The Hall–Kier alpha value is -2.43. The Morgan fingerprint density at radius 1 is 1.11 bits per heavy atom. The van der Waals surface area contributed by atoms with Gasteiger partial charge in [-0.1, -0.05) is 30.3 Å². The Morgan fingerprint density at radius 3 is 2.78 bits per heavy atom. The first-order valence-corrected chi connectivity index (χ1v) is 5.81. The topological polar surface area (TPSA) is 55.1 Å². The highest BCUT2D eigenvalue weighted by Gasteiger charge is 2.06. The van der Waals surface area contributed by atoms with Gasteiger partial charge in [0.25, 0.3) is 0 Å². The van der Waals surface area contributed by atoms with Gasteiger partial charge in [0.2, 0.25) is 0 Å². The van der Waals surface area contributed by atoms with Crippen LogP contribution in [-0.2, 0) is 0 Å². The van der Waals surface area contributed by atoms with Crippen LogP contribution in [-0.4, -0.2) is 19.8 Å². The maximum Gasteiger partial charge on any atom is 0.177 e. The van der Waals surface area contributed by atoms with Crippen molar-refractivity contribution in [3.8, 4) is 0 Å². The van der Waals surface area contributed by atoms with Crippen LogP contribution in [0.3, 0.4) is 0 Å². The summed E-state index contributed by atoms with van der Waals surface area (Å²) < 4.78 is 1.65. The van der Waals surface area contributed by atoms with Gasteiger partial charge in [-0.2, -0.15) is 4.52 Å². The molecular weight excluding hydrogens is 226 g/mol. The van der Waals surface area contributed by atoms with Crippen molar-refractivity contribution in [1.29, 1.82) is 0 Å². The van der Waals surface area contributed by atoms with Crippen LogP contribution in [0, 0.1) is 0 Å². The molecule has 0 fully saturated rings. The lowest BCUT2D eigenvalue weighted by molar-refractivity contribution is 0.844. The molecular formula is C13H13N5. The highest BCUT2D eigenvalue weighted by molar-refractivity contribution is 5.44. The van der Waals surface area contributed by atoms with Gasteiger partial charge < -0.3 is 5.32 Å². The van der Waals surface area contributed by atoms with E-state index in [1.807, 2.05) is 30.3 Å². The van der Waals surface area contributed by atoms with Crippen LogP contribution in [0.15, 0.2) is 48.8 Å². The first kappa shape index (κ1) is 10.7. The van der Waals surface area contributed by atoms with Crippen LogP contribution in [0.4, 0.5) is 5.82 Å². The molecule has 3 rings (SSSR count). The van der Waals surface area contributed by atoms with Crippen LogP contribution >= 0.6 is 0 Å². The normalized spacial score (nSPS) is 12.5. The lowest BCUT2D eigenvalue weighted by atomic mass is 10.1. The molecule has 0 aliphatic heterocycles. The highest BCUT2D eigenvalue weighted by atomic mass is 15.4. The monoisotopic (exact) mass is 239 g/mol. The van der Waals surface area contributed by atoms with E-state index in [2.05, 4.69) is 39.7 Å². The molecule has 2 heterocycles. The molecule has 5 nitrogen and oxygen atoms in total. The molecule has 0 amide bonds. The molecule has 0 saturated carbocycles. The molecule has 1 N–H and O–H groups in total. The number of rotatable bonds is 3. The Labute approximate surface area is 104 Å². The predicted octanol–water partition coefficient (Wildman–Crippen LogP) is 2.30.